The average Bonchev–Trinajstić information content (AvgIpc) is 3.68. The smallest absolute Gasteiger partial charge is 0.254 e. The molecule has 232 valence electrons. The summed E-state index contributed by atoms with van der Waals surface area (Å²) in [6.45, 7) is 4.51. The van der Waals surface area contributed by atoms with Gasteiger partial charge in [0, 0.05) is 57.1 Å². The van der Waals surface area contributed by atoms with E-state index in [-0.39, 0.29) is 30.8 Å². The minimum Gasteiger partial charge on any atom is -0.494 e. The number of carbonyl (C=O) groups is 2. The van der Waals surface area contributed by atoms with E-state index in [9.17, 15) is 14.0 Å². The second kappa shape index (κ2) is 11.2. The standard InChI is InChI=1S/C34H41FN6O3/c1-20(42)39-11-9-22(10-12-39)27-6-4-5-23-14-29(41(31(23)27)17-21-7-8-21)33-37-28-13-24(15-30(44-3)32(28)38(33)2)34(43)40-18-25(35)16-26(36)19-40/h4-6,13-15,21-22,25-26H,7-12,16-19,36H2,1-3H3/t25-,26-/m1/s1. The molecule has 2 aliphatic heterocycles. The van der Waals surface area contributed by atoms with Crippen molar-refractivity contribution >= 4 is 33.8 Å². The maximum atomic E-state index is 14.3. The number of para-hydroxylation sites is 1. The number of imidazole rings is 1. The van der Waals surface area contributed by atoms with E-state index in [2.05, 4.69) is 33.4 Å². The Morgan fingerprint density at radius 2 is 1.82 bits per heavy atom. The van der Waals surface area contributed by atoms with Crippen LogP contribution >= 0.6 is 0 Å². The van der Waals surface area contributed by atoms with Crippen LogP contribution in [0.15, 0.2) is 36.4 Å². The molecule has 4 heterocycles. The second-order valence-corrected chi connectivity index (χ2v) is 13.0. The van der Waals surface area contributed by atoms with Crippen LogP contribution in [0, 0.1) is 5.92 Å². The molecule has 1 saturated carbocycles. The number of ether oxygens (including phenoxy) is 1. The summed E-state index contributed by atoms with van der Waals surface area (Å²) in [5.41, 5.74) is 11.5. The number of aryl methyl sites for hydroxylation is 1. The third-order valence-electron chi connectivity index (χ3n) is 9.82. The molecule has 0 unspecified atom stereocenters. The average molecular weight is 601 g/mol. The van der Waals surface area contributed by atoms with Crippen molar-refractivity contribution < 1.29 is 18.7 Å². The molecule has 2 saturated heterocycles. The Morgan fingerprint density at radius 1 is 1.05 bits per heavy atom. The van der Waals surface area contributed by atoms with Gasteiger partial charge in [0.15, 0.2) is 5.82 Å². The van der Waals surface area contributed by atoms with Crippen LogP contribution in [-0.2, 0) is 18.4 Å². The van der Waals surface area contributed by atoms with Crippen molar-refractivity contribution in [1.29, 1.82) is 0 Å². The maximum absolute atomic E-state index is 14.3. The molecule has 0 bridgehead atoms. The van der Waals surface area contributed by atoms with Gasteiger partial charge in [0.25, 0.3) is 5.91 Å². The molecule has 4 aromatic rings. The van der Waals surface area contributed by atoms with Crippen LogP contribution in [0.3, 0.4) is 0 Å². The molecule has 2 amide bonds. The van der Waals surface area contributed by atoms with Gasteiger partial charge in [-0.2, -0.15) is 0 Å². The Hall–Kier alpha value is -3.92. The quantitative estimate of drug-likeness (QED) is 0.341. The number of alkyl halides is 1. The number of rotatable bonds is 6. The minimum absolute atomic E-state index is 0.0394. The molecular weight excluding hydrogens is 559 g/mol. The number of hydrogen-bond acceptors (Lipinski definition) is 5. The zero-order valence-electron chi connectivity index (χ0n) is 25.8. The van der Waals surface area contributed by atoms with E-state index in [4.69, 9.17) is 15.5 Å². The van der Waals surface area contributed by atoms with Crippen LogP contribution in [0.25, 0.3) is 33.5 Å². The lowest BCUT2D eigenvalue weighted by Gasteiger charge is -2.33. The predicted octanol–water partition coefficient (Wildman–Crippen LogP) is 4.85. The molecule has 2 atom stereocenters. The first-order valence-electron chi connectivity index (χ1n) is 15.8. The summed E-state index contributed by atoms with van der Waals surface area (Å²) < 4.78 is 24.6. The Balaban J connectivity index is 1.32. The van der Waals surface area contributed by atoms with Crippen molar-refractivity contribution in [3.63, 3.8) is 0 Å². The van der Waals surface area contributed by atoms with E-state index in [1.807, 2.05) is 11.9 Å². The van der Waals surface area contributed by atoms with Crippen LogP contribution < -0.4 is 10.5 Å². The third-order valence-corrected chi connectivity index (χ3v) is 9.82. The van der Waals surface area contributed by atoms with Gasteiger partial charge in [0.05, 0.1) is 30.4 Å². The molecular formula is C34H41FN6O3. The van der Waals surface area contributed by atoms with E-state index in [1.54, 1.807) is 26.2 Å². The molecule has 3 aliphatic rings. The highest BCUT2D eigenvalue weighted by Gasteiger charge is 2.31. The second-order valence-electron chi connectivity index (χ2n) is 13.0. The molecule has 2 aromatic carbocycles. The Labute approximate surface area is 256 Å². The van der Waals surface area contributed by atoms with Crippen LogP contribution in [0.1, 0.15) is 60.9 Å². The first-order chi connectivity index (χ1) is 21.2. The number of methoxy groups -OCH3 is 1. The first kappa shape index (κ1) is 28.8. The van der Waals surface area contributed by atoms with Crippen LogP contribution in [0.4, 0.5) is 4.39 Å². The van der Waals surface area contributed by atoms with Gasteiger partial charge in [-0.1, -0.05) is 18.2 Å². The summed E-state index contributed by atoms with van der Waals surface area (Å²) in [5.74, 6) is 2.26. The van der Waals surface area contributed by atoms with Gasteiger partial charge in [-0.05, 0) is 67.7 Å². The van der Waals surface area contributed by atoms with Crippen molar-refractivity contribution in [3.8, 4) is 17.3 Å². The molecule has 0 radical (unpaired) electrons. The van der Waals surface area contributed by atoms with E-state index < -0.39 is 6.17 Å². The van der Waals surface area contributed by atoms with Gasteiger partial charge in [-0.25, -0.2) is 9.37 Å². The number of piperidine rings is 2. The number of aromatic nitrogens is 3. The minimum atomic E-state index is -1.13. The van der Waals surface area contributed by atoms with E-state index in [0.717, 1.165) is 49.5 Å². The molecule has 44 heavy (non-hydrogen) atoms. The van der Waals surface area contributed by atoms with Crippen LogP contribution in [-0.4, -0.2) is 81.2 Å². The summed E-state index contributed by atoms with van der Waals surface area (Å²) in [6, 6.07) is 12.0. The molecule has 7 rings (SSSR count). The first-order valence-corrected chi connectivity index (χ1v) is 15.8. The van der Waals surface area contributed by atoms with Crippen molar-refractivity contribution in [2.75, 3.05) is 33.3 Å². The highest BCUT2D eigenvalue weighted by atomic mass is 19.1. The SMILES string of the molecule is COc1cc(C(=O)N2C[C@H](N)C[C@@H](F)C2)cc2nc(-c3cc4cccc(C5CCN(C(C)=O)CC5)c4n3CC3CC3)n(C)c12. The number of fused-ring (bicyclic) bond motifs is 2. The summed E-state index contributed by atoms with van der Waals surface area (Å²) in [6.07, 6.45) is 3.49. The van der Waals surface area contributed by atoms with Gasteiger partial charge in [0.2, 0.25) is 5.91 Å². The van der Waals surface area contributed by atoms with Crippen molar-refractivity contribution in [2.24, 2.45) is 18.7 Å². The molecule has 10 heteroatoms. The molecule has 2 aromatic heterocycles. The Bertz CT molecular complexity index is 1740. The number of benzene rings is 2. The fraction of sp³-hybridized carbons (Fsp3) is 0.500. The number of likely N-dealkylation sites (tertiary alicyclic amines) is 2. The number of amides is 2. The van der Waals surface area contributed by atoms with Crippen LogP contribution in [0.2, 0.25) is 0 Å². The molecule has 3 fully saturated rings. The number of halogens is 1. The number of hydrogen-bond donors (Lipinski definition) is 1. The Morgan fingerprint density at radius 3 is 2.50 bits per heavy atom. The molecule has 9 nitrogen and oxygen atoms in total. The number of nitrogens with two attached hydrogens (primary N) is 1. The van der Waals surface area contributed by atoms with Gasteiger partial charge < -0.3 is 29.4 Å². The van der Waals surface area contributed by atoms with E-state index in [1.165, 1.54) is 34.2 Å². The van der Waals surface area contributed by atoms with Gasteiger partial charge in [-0.15, -0.1) is 0 Å². The third kappa shape index (κ3) is 5.12. The zero-order valence-corrected chi connectivity index (χ0v) is 25.8. The topological polar surface area (TPSA) is 98.6 Å². The summed E-state index contributed by atoms with van der Waals surface area (Å²) in [4.78, 5) is 34.0. The van der Waals surface area contributed by atoms with Crippen LogP contribution in [0.5, 0.6) is 5.75 Å². The van der Waals surface area contributed by atoms with Gasteiger partial charge >= 0.3 is 0 Å². The lowest BCUT2D eigenvalue weighted by atomic mass is 9.88. The van der Waals surface area contributed by atoms with E-state index in [0.29, 0.717) is 35.2 Å². The fourth-order valence-corrected chi connectivity index (χ4v) is 7.36. The molecule has 0 spiro atoms. The highest BCUT2D eigenvalue weighted by molar-refractivity contribution is 6.00. The lowest BCUT2D eigenvalue weighted by Crippen LogP contribution is -2.50. The normalized spacial score (nSPS) is 21.4. The molecule has 2 N–H and O–H groups in total. The van der Waals surface area contributed by atoms with Crippen molar-refractivity contribution in [3.05, 3.63) is 47.5 Å². The summed E-state index contributed by atoms with van der Waals surface area (Å²) in [5, 5.41) is 1.18. The Kier molecular flexibility index (Phi) is 7.35. The monoisotopic (exact) mass is 600 g/mol. The number of carbonyl (C=O) groups excluding carboxylic acids is 2. The van der Waals surface area contributed by atoms with E-state index >= 15 is 0 Å². The maximum Gasteiger partial charge on any atom is 0.254 e. The summed E-state index contributed by atoms with van der Waals surface area (Å²) >= 11 is 0. The fourth-order valence-electron chi connectivity index (χ4n) is 7.36. The highest BCUT2D eigenvalue weighted by Crippen LogP contribution is 2.41. The number of nitrogens with zero attached hydrogens (tertiary/aromatic N) is 5. The molecule has 1 aliphatic carbocycles. The van der Waals surface area contributed by atoms with Crippen molar-refractivity contribution in [2.45, 2.75) is 63.7 Å². The zero-order chi connectivity index (χ0) is 30.7. The van der Waals surface area contributed by atoms with Crippen molar-refractivity contribution in [1.82, 2.24) is 23.9 Å². The largest absolute Gasteiger partial charge is 0.494 e. The lowest BCUT2D eigenvalue weighted by molar-refractivity contribution is -0.129. The predicted molar refractivity (Wildman–Crippen MR) is 169 cm³/mol. The van der Waals surface area contributed by atoms with Gasteiger partial charge in [-0.3, -0.25) is 9.59 Å². The summed E-state index contributed by atoms with van der Waals surface area (Å²) in [7, 11) is 3.58. The van der Waals surface area contributed by atoms with Gasteiger partial charge in [0.1, 0.15) is 17.4 Å².